The first kappa shape index (κ1) is 85.6. The second-order valence-electron chi connectivity index (χ2n) is 24.8. The van der Waals surface area contributed by atoms with Gasteiger partial charge in [-0.1, -0.05) is 307 Å². The van der Waals surface area contributed by atoms with Crippen LogP contribution in [0.25, 0.3) is 0 Å². The molecule has 0 N–H and O–H groups in total. The Balaban J connectivity index is 4.06. The maximum absolute atomic E-state index is 12.8. The molecule has 512 valence electrons. The van der Waals surface area contributed by atoms with E-state index in [1.807, 2.05) is 21.1 Å². The van der Waals surface area contributed by atoms with E-state index in [2.05, 4.69) is 172 Å². The molecule has 0 heterocycles. The molecule has 0 bridgehead atoms. The molecule has 9 nitrogen and oxygen atoms in total. The van der Waals surface area contributed by atoms with Crippen LogP contribution in [0.3, 0.4) is 0 Å². The number of likely N-dealkylation sites (N-methyl/N-ethyl adjacent to an activating group) is 1. The first-order valence-electron chi connectivity index (χ1n) is 36.2. The minimum absolute atomic E-state index is 0.0461. The third-order valence-corrected chi connectivity index (χ3v) is 16.0. The smallest absolute Gasteiger partial charge is 0.306 e. The molecule has 0 aromatic carbocycles. The number of quaternary nitrogens is 1. The summed E-state index contributed by atoms with van der Waals surface area (Å²) < 4.78 is 34.3. The fourth-order valence-electron chi connectivity index (χ4n) is 9.58. The Bertz CT molecular complexity index is 2080. The van der Waals surface area contributed by atoms with Gasteiger partial charge in [0.25, 0.3) is 7.82 Å². The van der Waals surface area contributed by atoms with E-state index in [4.69, 9.17) is 18.5 Å². The van der Waals surface area contributed by atoms with Gasteiger partial charge in [0.15, 0.2) is 6.10 Å². The number of hydrogen-bond donors (Lipinski definition) is 0. The van der Waals surface area contributed by atoms with Crippen molar-refractivity contribution in [1.82, 2.24) is 0 Å². The highest BCUT2D eigenvalue weighted by Crippen LogP contribution is 2.38. The van der Waals surface area contributed by atoms with Crippen molar-refractivity contribution in [3.8, 4) is 0 Å². The van der Waals surface area contributed by atoms with Crippen molar-refractivity contribution < 1.29 is 42.1 Å². The third-order valence-electron chi connectivity index (χ3n) is 15.0. The van der Waals surface area contributed by atoms with Crippen LogP contribution in [-0.2, 0) is 32.7 Å². The van der Waals surface area contributed by atoms with Crippen LogP contribution in [-0.4, -0.2) is 70.0 Å². The van der Waals surface area contributed by atoms with Crippen molar-refractivity contribution in [1.29, 1.82) is 0 Å². The lowest BCUT2D eigenvalue weighted by Gasteiger charge is -2.28. The zero-order valence-electron chi connectivity index (χ0n) is 58.3. The van der Waals surface area contributed by atoms with Gasteiger partial charge in [0.05, 0.1) is 27.7 Å². The quantitative estimate of drug-likeness (QED) is 0.0195. The highest BCUT2D eigenvalue weighted by atomic mass is 31.2. The zero-order chi connectivity index (χ0) is 65.5. The molecular formula is C80H134NO8P. The molecule has 0 radical (unpaired) electrons. The summed E-state index contributed by atoms with van der Waals surface area (Å²) in [6.07, 6.45) is 103. The number of unbranched alkanes of at least 4 members (excludes halogenated alkanes) is 25. The summed E-state index contributed by atoms with van der Waals surface area (Å²) in [4.78, 5) is 38.1. The second-order valence-corrected chi connectivity index (χ2v) is 26.2. The number of carbonyl (C=O) groups excluding carboxylic acids is 2. The van der Waals surface area contributed by atoms with Crippen LogP contribution in [0.5, 0.6) is 0 Å². The third kappa shape index (κ3) is 72.7. The summed E-state index contributed by atoms with van der Waals surface area (Å²) in [5.74, 6) is -0.886. The number of ether oxygens (including phenoxy) is 2. The Morgan fingerprint density at radius 2 is 0.600 bits per heavy atom. The highest BCUT2D eigenvalue weighted by Gasteiger charge is 2.22. The molecule has 0 aromatic heterocycles. The number of hydrogen-bond acceptors (Lipinski definition) is 8. The zero-order valence-corrected chi connectivity index (χ0v) is 59.2. The molecular weight excluding hydrogens is 1130 g/mol. The lowest BCUT2D eigenvalue weighted by atomic mass is 10.0. The molecule has 0 saturated heterocycles. The highest BCUT2D eigenvalue weighted by molar-refractivity contribution is 7.45. The molecule has 0 rings (SSSR count). The first-order valence-corrected chi connectivity index (χ1v) is 37.7. The number of esters is 2. The number of carbonyl (C=O) groups is 2. The van der Waals surface area contributed by atoms with Gasteiger partial charge < -0.3 is 27.9 Å². The topological polar surface area (TPSA) is 111 Å². The van der Waals surface area contributed by atoms with Crippen molar-refractivity contribution in [2.24, 2.45) is 0 Å². The van der Waals surface area contributed by atoms with E-state index < -0.39 is 32.5 Å². The van der Waals surface area contributed by atoms with E-state index >= 15 is 0 Å². The fraction of sp³-hybridized carbons (Fsp3) is 0.650. The largest absolute Gasteiger partial charge is 0.756 e. The molecule has 0 amide bonds. The SMILES string of the molecule is CC/C=C\C/C=C\C/C=C\C/C=C\C/C=C\C/C=C\C/C=C\C/C=C\CCCCC(=O)OC(COC(=O)CCCCCCCCCCCCCCCCCCCCCCCCC/C=C\C/C=C\C/C=C\C/C=C\C/C=C\CC)COP(=O)([O-])OCC[N+](C)(C)C. The van der Waals surface area contributed by atoms with Gasteiger partial charge in [0.2, 0.25) is 0 Å². The van der Waals surface area contributed by atoms with Gasteiger partial charge in [-0.25, -0.2) is 0 Å². The summed E-state index contributed by atoms with van der Waals surface area (Å²) in [6, 6.07) is 0. The lowest BCUT2D eigenvalue weighted by molar-refractivity contribution is -0.870. The van der Waals surface area contributed by atoms with Gasteiger partial charge in [-0.15, -0.1) is 0 Å². The van der Waals surface area contributed by atoms with Crippen LogP contribution >= 0.6 is 7.82 Å². The monoisotopic (exact) mass is 1270 g/mol. The Morgan fingerprint density at radius 1 is 0.344 bits per heavy atom. The van der Waals surface area contributed by atoms with E-state index in [1.165, 1.54) is 135 Å². The minimum atomic E-state index is -4.66. The van der Waals surface area contributed by atoms with Crippen LogP contribution in [0.4, 0.5) is 0 Å². The van der Waals surface area contributed by atoms with E-state index in [9.17, 15) is 19.0 Å². The predicted molar refractivity (Wildman–Crippen MR) is 387 cm³/mol. The number of rotatable bonds is 65. The molecule has 90 heavy (non-hydrogen) atoms. The number of nitrogens with zero attached hydrogens (tertiary/aromatic N) is 1. The Kier molecular flexibility index (Phi) is 65.6. The van der Waals surface area contributed by atoms with E-state index in [-0.39, 0.29) is 26.1 Å². The number of allylic oxidation sites excluding steroid dienone is 26. The van der Waals surface area contributed by atoms with Crippen LogP contribution < -0.4 is 4.89 Å². The average Bonchev–Trinajstić information content (AvgIpc) is 3.61. The first-order chi connectivity index (χ1) is 44.0. The average molecular weight is 1270 g/mol. The van der Waals surface area contributed by atoms with Crippen LogP contribution in [0.1, 0.15) is 284 Å². The van der Waals surface area contributed by atoms with Crippen molar-refractivity contribution in [3.63, 3.8) is 0 Å². The molecule has 0 aliphatic carbocycles. The van der Waals surface area contributed by atoms with Crippen molar-refractivity contribution >= 4 is 19.8 Å². The van der Waals surface area contributed by atoms with E-state index in [1.54, 1.807) is 0 Å². The van der Waals surface area contributed by atoms with Crippen molar-refractivity contribution in [2.45, 2.75) is 290 Å². The second kappa shape index (κ2) is 69.0. The molecule has 0 fully saturated rings. The van der Waals surface area contributed by atoms with Crippen LogP contribution in [0.2, 0.25) is 0 Å². The van der Waals surface area contributed by atoms with Gasteiger partial charge in [0.1, 0.15) is 19.8 Å². The molecule has 0 spiro atoms. The van der Waals surface area contributed by atoms with Crippen molar-refractivity contribution in [3.05, 3.63) is 158 Å². The van der Waals surface area contributed by atoms with Crippen molar-refractivity contribution in [2.75, 3.05) is 47.5 Å². The number of phosphoric ester groups is 1. The summed E-state index contributed by atoms with van der Waals surface area (Å²) in [7, 11) is 1.12. The molecule has 10 heteroatoms. The summed E-state index contributed by atoms with van der Waals surface area (Å²) in [6.45, 7) is 3.96. The van der Waals surface area contributed by atoms with Gasteiger partial charge in [0, 0.05) is 12.8 Å². The summed E-state index contributed by atoms with van der Waals surface area (Å²) in [5, 5.41) is 0. The van der Waals surface area contributed by atoms with Gasteiger partial charge >= 0.3 is 11.9 Å². The van der Waals surface area contributed by atoms with E-state index in [0.717, 1.165) is 116 Å². The minimum Gasteiger partial charge on any atom is -0.756 e. The Morgan fingerprint density at radius 3 is 0.911 bits per heavy atom. The molecule has 0 aliphatic heterocycles. The summed E-state index contributed by atoms with van der Waals surface area (Å²) >= 11 is 0. The van der Waals surface area contributed by atoms with Crippen LogP contribution in [0.15, 0.2) is 158 Å². The van der Waals surface area contributed by atoms with Gasteiger partial charge in [-0.2, -0.15) is 0 Å². The Hall–Kier alpha value is -4.37. The fourth-order valence-corrected chi connectivity index (χ4v) is 10.3. The number of phosphoric acid groups is 1. The van der Waals surface area contributed by atoms with Gasteiger partial charge in [-0.05, 0) is 122 Å². The Labute approximate surface area is 554 Å². The predicted octanol–water partition coefficient (Wildman–Crippen LogP) is 23.3. The molecule has 0 aliphatic rings. The molecule has 0 saturated carbocycles. The summed E-state index contributed by atoms with van der Waals surface area (Å²) in [5.41, 5.74) is 0. The maximum Gasteiger partial charge on any atom is 0.306 e. The van der Waals surface area contributed by atoms with Gasteiger partial charge in [-0.3, -0.25) is 14.2 Å². The molecule has 2 unspecified atom stereocenters. The normalized spacial score (nSPS) is 14.1. The van der Waals surface area contributed by atoms with Crippen LogP contribution in [0, 0.1) is 0 Å². The van der Waals surface area contributed by atoms with E-state index in [0.29, 0.717) is 17.4 Å². The maximum atomic E-state index is 12.8. The lowest BCUT2D eigenvalue weighted by Crippen LogP contribution is -2.37. The standard InChI is InChI=1S/C80H134NO8P/c1-6-8-10-12-14-16-18-20-22-24-26-28-30-32-34-35-36-37-38-39-40-41-42-43-44-45-47-48-50-52-54-56-58-60-62-64-66-68-70-72-79(82)86-76-78(77-88-90(84,85)87-75-74-81(3,4)5)89-80(83)73-71-69-67-65-63-61-59-57-55-53-51-49-46-33-31-29-27-25-23-21-19-17-15-13-11-9-7-2/h8-11,14-17,20-23,26-29,32-34,46,51,53,57,59,63,65,78H,6-7,12-13,18-19,24-25,30-31,35-45,47-50,52,54-56,58,60-62,64,66-77H2,1-5H3/b10-8-,11-9-,16-14-,17-15-,22-20-,23-21-,28-26-,29-27-,34-32-,46-33-,53-51-,59-57-,65-63-. The molecule has 2 atom stereocenters. The molecule has 0 aromatic rings.